The molecule has 0 amide bonds. The molecule has 0 unspecified atom stereocenters. The first-order chi connectivity index (χ1) is 9.56. The first-order valence-corrected chi connectivity index (χ1v) is 6.04. The molecule has 0 atom stereocenters. The number of allylic oxidation sites excluding steroid dienone is 4. The Bertz CT molecular complexity index is 481. The van der Waals surface area contributed by atoms with Gasteiger partial charge in [-0.15, -0.1) is 9.60 Å². The number of nitrogens with zero attached hydrogens (tertiary/aromatic N) is 2. The summed E-state index contributed by atoms with van der Waals surface area (Å²) in [5.41, 5.74) is 3.00. The molecule has 0 bridgehead atoms. The molecule has 1 aliphatic rings. The number of nitrogens with one attached hydrogen (secondary N) is 1. The fraction of sp³-hybridized carbons (Fsp3) is 0.308. The van der Waals surface area contributed by atoms with Crippen molar-refractivity contribution in [1.29, 1.82) is 0 Å². The minimum absolute atomic E-state index is 0.00643. The second-order valence-corrected chi connectivity index (χ2v) is 4.00. The maximum atomic E-state index is 13.7. The normalized spacial score (nSPS) is 18.6. The molecule has 0 radical (unpaired) electrons. The van der Waals surface area contributed by atoms with E-state index < -0.39 is 5.83 Å². The Kier molecular flexibility index (Phi) is 6.61. The van der Waals surface area contributed by atoms with Crippen molar-refractivity contribution < 1.29 is 13.6 Å². The Balaban J connectivity index is 2.92. The van der Waals surface area contributed by atoms with Gasteiger partial charge in [-0.2, -0.15) is 0 Å². The molecule has 7 heteroatoms. The summed E-state index contributed by atoms with van der Waals surface area (Å²) < 4.78 is 32.3. The second kappa shape index (κ2) is 8.23. The molecule has 0 aromatic carbocycles. The van der Waals surface area contributed by atoms with Crippen molar-refractivity contribution in [1.82, 2.24) is 10.5 Å². The van der Waals surface area contributed by atoms with Gasteiger partial charge in [0, 0.05) is 12.2 Å². The lowest BCUT2D eigenvalue weighted by Gasteiger charge is -2.12. The lowest BCUT2D eigenvalue weighted by molar-refractivity contribution is 0.0413. The molecule has 1 aliphatic heterocycles. The third-order valence-corrected chi connectivity index (χ3v) is 2.30. The molecule has 20 heavy (non-hydrogen) atoms. The van der Waals surface area contributed by atoms with Crippen LogP contribution in [0.2, 0.25) is 0 Å². The van der Waals surface area contributed by atoms with Gasteiger partial charge in [-0.25, -0.2) is 9.38 Å². The van der Waals surface area contributed by atoms with Gasteiger partial charge in [0.05, 0.1) is 12.7 Å². The van der Waals surface area contributed by atoms with Crippen LogP contribution in [0.4, 0.5) is 8.87 Å². The van der Waals surface area contributed by atoms with E-state index in [0.717, 1.165) is 0 Å². The highest BCUT2D eigenvalue weighted by molar-refractivity contribution is 5.88. The summed E-state index contributed by atoms with van der Waals surface area (Å²) in [7, 11) is 0. The summed E-state index contributed by atoms with van der Waals surface area (Å²) in [5.74, 6) is 4.57. The Hall–Kier alpha value is -1.99. The van der Waals surface area contributed by atoms with Crippen molar-refractivity contribution in [3.63, 3.8) is 0 Å². The van der Waals surface area contributed by atoms with E-state index in [1.54, 1.807) is 19.9 Å². The Morgan fingerprint density at radius 3 is 3.00 bits per heavy atom. The van der Waals surface area contributed by atoms with Crippen molar-refractivity contribution in [2.75, 3.05) is 13.1 Å². The SMILES string of the molecule is C/C=C/C(=N\C=C(/C)NN)OC1=C(F)C=CCN(F)C1. The minimum Gasteiger partial charge on any atom is -0.439 e. The molecule has 110 valence electrons. The summed E-state index contributed by atoms with van der Waals surface area (Å²) in [6, 6.07) is 0. The molecule has 0 saturated heterocycles. The third-order valence-electron chi connectivity index (χ3n) is 2.30. The van der Waals surface area contributed by atoms with Crippen LogP contribution in [0, 0.1) is 0 Å². The van der Waals surface area contributed by atoms with Gasteiger partial charge in [0.2, 0.25) is 5.90 Å². The van der Waals surface area contributed by atoms with Crippen LogP contribution in [0.15, 0.2) is 52.8 Å². The number of hydrazine groups is 1. The summed E-state index contributed by atoms with van der Waals surface area (Å²) >= 11 is 0. The summed E-state index contributed by atoms with van der Waals surface area (Å²) in [6.45, 7) is 3.18. The van der Waals surface area contributed by atoms with E-state index in [1.807, 2.05) is 0 Å². The highest BCUT2D eigenvalue weighted by Gasteiger charge is 2.16. The van der Waals surface area contributed by atoms with Gasteiger partial charge in [-0.3, -0.25) is 5.84 Å². The number of hydrogen-bond acceptors (Lipinski definition) is 5. The van der Waals surface area contributed by atoms with Crippen LogP contribution in [-0.4, -0.2) is 24.1 Å². The van der Waals surface area contributed by atoms with Crippen molar-refractivity contribution in [3.8, 4) is 0 Å². The van der Waals surface area contributed by atoms with Crippen LogP contribution < -0.4 is 11.3 Å². The molecule has 5 nitrogen and oxygen atoms in total. The smallest absolute Gasteiger partial charge is 0.218 e. The minimum atomic E-state index is -0.625. The molecular formula is C13H18F2N4O. The van der Waals surface area contributed by atoms with Crippen molar-refractivity contribution in [2.24, 2.45) is 10.8 Å². The van der Waals surface area contributed by atoms with Gasteiger partial charge in [-0.1, -0.05) is 12.2 Å². The third kappa shape index (κ3) is 5.33. The molecule has 0 aliphatic carbocycles. The number of aliphatic imine (C=N–C) groups is 1. The van der Waals surface area contributed by atoms with Gasteiger partial charge < -0.3 is 10.2 Å². The Morgan fingerprint density at radius 2 is 2.35 bits per heavy atom. The zero-order valence-corrected chi connectivity index (χ0v) is 11.4. The maximum Gasteiger partial charge on any atom is 0.218 e. The summed E-state index contributed by atoms with van der Waals surface area (Å²) in [5, 5.41) is 0.439. The molecule has 0 fully saturated rings. The highest BCUT2D eigenvalue weighted by Crippen LogP contribution is 2.16. The van der Waals surface area contributed by atoms with E-state index in [2.05, 4.69) is 10.4 Å². The average molecular weight is 284 g/mol. The second-order valence-electron chi connectivity index (χ2n) is 4.00. The molecule has 0 aromatic rings. The lowest BCUT2D eigenvalue weighted by atomic mass is 10.4. The largest absolute Gasteiger partial charge is 0.439 e. The fourth-order valence-corrected chi connectivity index (χ4v) is 1.31. The zero-order valence-electron chi connectivity index (χ0n) is 11.4. The highest BCUT2D eigenvalue weighted by atomic mass is 19.2. The number of halogens is 2. The molecule has 0 aromatic heterocycles. The monoisotopic (exact) mass is 284 g/mol. The van der Waals surface area contributed by atoms with Crippen LogP contribution in [-0.2, 0) is 4.74 Å². The van der Waals surface area contributed by atoms with E-state index in [4.69, 9.17) is 10.6 Å². The predicted octanol–water partition coefficient (Wildman–Crippen LogP) is 2.24. The molecule has 0 spiro atoms. The molecule has 0 saturated carbocycles. The van der Waals surface area contributed by atoms with Crippen molar-refractivity contribution >= 4 is 5.90 Å². The standard InChI is InChI=1S/C13H18F2N4O/c1-3-5-13(17-8-10(2)18-16)20-12-9-19(15)7-4-6-11(12)14/h3-6,8,18H,7,9,16H2,1-2H3/b5-3+,10-8+,17-13+. The van der Waals surface area contributed by atoms with Crippen LogP contribution in [0.1, 0.15) is 13.8 Å². The predicted molar refractivity (Wildman–Crippen MR) is 74.4 cm³/mol. The van der Waals surface area contributed by atoms with Gasteiger partial charge in [-0.05, 0) is 26.0 Å². The number of ether oxygens (including phenoxy) is 1. The lowest BCUT2D eigenvalue weighted by Crippen LogP contribution is -2.19. The average Bonchev–Trinajstić information content (AvgIpc) is 2.57. The van der Waals surface area contributed by atoms with Crippen LogP contribution in [0.25, 0.3) is 0 Å². The van der Waals surface area contributed by atoms with Crippen LogP contribution in [0.5, 0.6) is 0 Å². The van der Waals surface area contributed by atoms with E-state index in [-0.39, 0.29) is 24.7 Å². The maximum absolute atomic E-state index is 13.7. The van der Waals surface area contributed by atoms with Crippen LogP contribution in [0.3, 0.4) is 0 Å². The van der Waals surface area contributed by atoms with Crippen molar-refractivity contribution in [2.45, 2.75) is 13.8 Å². The van der Waals surface area contributed by atoms with Gasteiger partial charge in [0.15, 0.2) is 11.6 Å². The van der Waals surface area contributed by atoms with E-state index in [1.165, 1.54) is 24.4 Å². The quantitative estimate of drug-likeness (QED) is 0.273. The van der Waals surface area contributed by atoms with Gasteiger partial charge in [0.25, 0.3) is 0 Å². The molecule has 1 heterocycles. The Labute approximate surface area is 116 Å². The number of nitrogens with two attached hydrogens (primary N) is 1. The van der Waals surface area contributed by atoms with Gasteiger partial charge in [0.1, 0.15) is 0 Å². The zero-order chi connectivity index (χ0) is 15.0. The summed E-state index contributed by atoms with van der Waals surface area (Å²) in [4.78, 5) is 4.01. The van der Waals surface area contributed by atoms with Gasteiger partial charge >= 0.3 is 0 Å². The van der Waals surface area contributed by atoms with Crippen molar-refractivity contribution in [3.05, 3.63) is 47.8 Å². The van der Waals surface area contributed by atoms with Crippen LogP contribution >= 0.6 is 0 Å². The molecule has 1 rings (SSSR count). The number of hydrogen-bond donors (Lipinski definition) is 2. The topological polar surface area (TPSA) is 62.9 Å². The molecule has 3 N–H and O–H groups in total. The van der Waals surface area contributed by atoms with E-state index in [9.17, 15) is 8.87 Å². The fourth-order valence-electron chi connectivity index (χ4n) is 1.31. The first-order valence-electron chi connectivity index (χ1n) is 6.04. The Morgan fingerprint density at radius 1 is 1.60 bits per heavy atom. The molecular weight excluding hydrogens is 266 g/mol. The number of rotatable bonds is 4. The van der Waals surface area contributed by atoms with E-state index in [0.29, 0.717) is 10.8 Å². The first kappa shape index (κ1) is 16.1. The van der Waals surface area contributed by atoms with E-state index >= 15 is 0 Å². The summed E-state index contributed by atoms with van der Waals surface area (Å²) in [6.07, 6.45) is 7.19.